The number of anilines is 3. The number of morpholine rings is 1. The number of urea groups is 1. The smallest absolute Gasteiger partial charge is 0.322 e. The third kappa shape index (κ3) is 7.13. The van der Waals surface area contributed by atoms with Gasteiger partial charge in [0.15, 0.2) is 5.82 Å². The molecule has 2 aromatic heterocycles. The van der Waals surface area contributed by atoms with Gasteiger partial charge in [-0.05, 0) is 36.8 Å². The van der Waals surface area contributed by atoms with Crippen LogP contribution in [-0.4, -0.2) is 103 Å². The molecular weight excluding hydrogens is 552 g/mol. The molecular formula is C30H38N8O5. The van der Waals surface area contributed by atoms with Crippen molar-refractivity contribution in [2.24, 2.45) is 0 Å². The molecule has 228 valence electrons. The number of pyridine rings is 1. The number of hydrogen-bond donors (Lipinski definition) is 2. The van der Waals surface area contributed by atoms with Gasteiger partial charge in [0, 0.05) is 76.6 Å². The molecule has 2 aliphatic heterocycles. The maximum Gasteiger partial charge on any atom is 0.322 e. The van der Waals surface area contributed by atoms with Gasteiger partial charge in [-0.2, -0.15) is 0 Å². The van der Waals surface area contributed by atoms with E-state index in [9.17, 15) is 9.59 Å². The van der Waals surface area contributed by atoms with Crippen LogP contribution < -0.4 is 15.5 Å². The van der Waals surface area contributed by atoms with E-state index in [1.807, 2.05) is 42.1 Å². The Morgan fingerprint density at radius 2 is 1.81 bits per heavy atom. The largest absolute Gasteiger partial charge is 0.383 e. The Morgan fingerprint density at radius 3 is 2.51 bits per heavy atom. The molecule has 13 nitrogen and oxygen atoms in total. The molecule has 0 spiro atoms. The Bertz CT molecular complexity index is 1430. The minimum absolute atomic E-state index is 0.0519. The van der Waals surface area contributed by atoms with Gasteiger partial charge in [-0.25, -0.2) is 14.8 Å². The van der Waals surface area contributed by atoms with E-state index in [-0.39, 0.29) is 11.9 Å². The fraction of sp³-hybridized carbons (Fsp3) is 0.400. The Balaban J connectivity index is 1.33. The van der Waals surface area contributed by atoms with Crippen LogP contribution in [0.4, 0.5) is 22.0 Å². The molecule has 1 fully saturated rings. The molecule has 5 rings (SSSR count). The highest BCUT2D eigenvalue weighted by Gasteiger charge is 2.23. The zero-order valence-corrected chi connectivity index (χ0v) is 24.8. The van der Waals surface area contributed by atoms with Gasteiger partial charge >= 0.3 is 6.03 Å². The minimum Gasteiger partial charge on any atom is -0.383 e. The quantitative estimate of drug-likeness (QED) is 0.347. The Labute approximate surface area is 251 Å². The van der Waals surface area contributed by atoms with Crippen LogP contribution >= 0.6 is 0 Å². The van der Waals surface area contributed by atoms with Gasteiger partial charge in [-0.15, -0.1) is 0 Å². The molecule has 0 radical (unpaired) electrons. The first-order valence-electron chi connectivity index (χ1n) is 14.2. The number of ether oxygens (including phenoxy) is 3. The summed E-state index contributed by atoms with van der Waals surface area (Å²) < 4.78 is 17.7. The van der Waals surface area contributed by atoms with E-state index < -0.39 is 0 Å². The fourth-order valence-corrected chi connectivity index (χ4v) is 4.98. The molecule has 0 unspecified atom stereocenters. The maximum atomic E-state index is 13.1. The van der Waals surface area contributed by atoms with E-state index in [1.165, 1.54) is 0 Å². The highest BCUT2D eigenvalue weighted by Crippen LogP contribution is 2.32. The normalized spacial score (nSPS) is 14.6. The summed E-state index contributed by atoms with van der Waals surface area (Å²) >= 11 is 0. The van der Waals surface area contributed by atoms with Crippen molar-refractivity contribution in [3.8, 4) is 0 Å². The summed E-state index contributed by atoms with van der Waals surface area (Å²) in [5, 5.41) is 6.43. The second-order valence-electron chi connectivity index (χ2n) is 10.2. The lowest BCUT2D eigenvalue weighted by Gasteiger charge is -2.30. The molecule has 1 aromatic carbocycles. The molecule has 0 aliphatic carbocycles. The lowest BCUT2D eigenvalue weighted by atomic mass is 10.1. The van der Waals surface area contributed by atoms with Gasteiger partial charge in [-0.3, -0.25) is 4.79 Å². The van der Waals surface area contributed by atoms with E-state index in [4.69, 9.17) is 14.2 Å². The van der Waals surface area contributed by atoms with Crippen LogP contribution in [-0.2, 0) is 20.9 Å². The topological polar surface area (TPSA) is 126 Å². The molecule has 2 N–H and O–H groups in total. The van der Waals surface area contributed by atoms with Crippen molar-refractivity contribution in [3.05, 3.63) is 72.1 Å². The van der Waals surface area contributed by atoms with Gasteiger partial charge < -0.3 is 44.1 Å². The molecule has 1 saturated heterocycles. The van der Waals surface area contributed by atoms with Crippen molar-refractivity contribution in [1.82, 2.24) is 24.3 Å². The predicted molar refractivity (Wildman–Crippen MR) is 163 cm³/mol. The van der Waals surface area contributed by atoms with Crippen molar-refractivity contribution >= 4 is 34.8 Å². The molecule has 2 aliphatic rings. The summed E-state index contributed by atoms with van der Waals surface area (Å²) in [7, 11) is 3.22. The van der Waals surface area contributed by atoms with Gasteiger partial charge in [0.1, 0.15) is 12.5 Å². The van der Waals surface area contributed by atoms with Crippen LogP contribution in [0.2, 0.25) is 0 Å². The van der Waals surface area contributed by atoms with E-state index in [1.54, 1.807) is 48.5 Å². The van der Waals surface area contributed by atoms with Gasteiger partial charge in [-0.1, -0.05) is 6.07 Å². The standard InChI is InChI=1S/C30H38N8O5/c1-22-24(34-30(40)36(11-15-41-2)12-16-42-3)5-4-6-26(22)38-20-25(28-31-9-10-37(28)21-38)33-27-8-7-23(19-32-27)29(39)35-13-17-43-18-14-35/h4-10,19-20H,11-18,21H2,1-3H3,(H,32,33)(H,34,40). The summed E-state index contributed by atoms with van der Waals surface area (Å²) in [5.74, 6) is 1.30. The number of rotatable bonds is 11. The zero-order valence-electron chi connectivity index (χ0n) is 24.8. The molecule has 0 saturated carbocycles. The highest BCUT2D eigenvalue weighted by atomic mass is 16.5. The summed E-state index contributed by atoms with van der Waals surface area (Å²) in [6.07, 6.45) is 7.24. The van der Waals surface area contributed by atoms with E-state index >= 15 is 0 Å². The lowest BCUT2D eigenvalue weighted by molar-refractivity contribution is 0.0302. The summed E-state index contributed by atoms with van der Waals surface area (Å²) in [6.45, 7) is 6.53. The van der Waals surface area contributed by atoms with Crippen LogP contribution in [0.15, 0.2) is 55.1 Å². The number of amides is 3. The van der Waals surface area contributed by atoms with Gasteiger partial charge in [0.2, 0.25) is 0 Å². The first kappa shape index (κ1) is 30.0. The maximum absolute atomic E-state index is 13.1. The number of nitrogens with zero attached hydrogens (tertiary/aromatic N) is 6. The first-order chi connectivity index (χ1) is 21.0. The van der Waals surface area contributed by atoms with Gasteiger partial charge in [0.25, 0.3) is 5.91 Å². The van der Waals surface area contributed by atoms with Gasteiger partial charge in [0.05, 0.1) is 37.7 Å². The van der Waals surface area contributed by atoms with Crippen LogP contribution in [0.5, 0.6) is 0 Å². The third-order valence-corrected chi connectivity index (χ3v) is 7.39. The Hall–Kier alpha value is -4.46. The number of aromatic nitrogens is 3. The number of benzene rings is 1. The van der Waals surface area contributed by atoms with Crippen LogP contribution in [0.25, 0.3) is 5.70 Å². The van der Waals surface area contributed by atoms with Crippen molar-refractivity contribution in [2.75, 3.05) is 82.4 Å². The number of methoxy groups -OCH3 is 2. The number of carbonyl (C=O) groups is 2. The summed E-state index contributed by atoms with van der Waals surface area (Å²) in [6, 6.07) is 9.17. The average molecular weight is 591 g/mol. The zero-order chi connectivity index (χ0) is 30.2. The highest BCUT2D eigenvalue weighted by molar-refractivity contribution is 5.94. The first-order valence-corrected chi connectivity index (χ1v) is 14.2. The average Bonchev–Trinajstić information content (AvgIpc) is 3.52. The fourth-order valence-electron chi connectivity index (χ4n) is 4.98. The number of fused-ring (bicyclic) bond motifs is 1. The molecule has 0 atom stereocenters. The van der Waals surface area contributed by atoms with Crippen LogP contribution in [0, 0.1) is 6.92 Å². The van der Waals surface area contributed by atoms with Crippen LogP contribution in [0.1, 0.15) is 21.7 Å². The monoisotopic (exact) mass is 590 g/mol. The van der Waals surface area contributed by atoms with Crippen molar-refractivity contribution in [2.45, 2.75) is 13.6 Å². The SMILES string of the molecule is COCCN(CCOC)C(=O)Nc1cccc(N2C=C(Nc3ccc(C(=O)N4CCOCC4)cn3)c3nccn3C2)c1C. The number of carbonyl (C=O) groups excluding carboxylic acids is 2. The van der Waals surface area contributed by atoms with Crippen molar-refractivity contribution in [1.29, 1.82) is 0 Å². The Kier molecular flexibility index (Phi) is 9.87. The summed E-state index contributed by atoms with van der Waals surface area (Å²) in [5.41, 5.74) is 3.83. The summed E-state index contributed by atoms with van der Waals surface area (Å²) in [4.78, 5) is 40.5. The van der Waals surface area contributed by atoms with Crippen molar-refractivity contribution in [3.63, 3.8) is 0 Å². The molecule has 3 amide bonds. The minimum atomic E-state index is -0.218. The lowest BCUT2D eigenvalue weighted by Crippen LogP contribution is -2.40. The predicted octanol–water partition coefficient (Wildman–Crippen LogP) is 3.07. The molecule has 43 heavy (non-hydrogen) atoms. The third-order valence-electron chi connectivity index (χ3n) is 7.39. The van der Waals surface area contributed by atoms with E-state index in [2.05, 4.69) is 25.5 Å². The molecule has 0 bridgehead atoms. The van der Waals surface area contributed by atoms with Crippen LogP contribution in [0.3, 0.4) is 0 Å². The molecule has 4 heterocycles. The number of nitrogens with one attached hydrogen (secondary N) is 2. The Morgan fingerprint density at radius 1 is 1.05 bits per heavy atom. The van der Waals surface area contributed by atoms with E-state index in [0.717, 1.165) is 22.8 Å². The van der Waals surface area contributed by atoms with E-state index in [0.29, 0.717) is 76.3 Å². The van der Waals surface area contributed by atoms with Crippen molar-refractivity contribution < 1.29 is 23.8 Å². The molecule has 3 aromatic rings. The number of hydrogen-bond acceptors (Lipinski definition) is 9. The molecule has 13 heteroatoms. The second kappa shape index (κ2) is 14.1. The number of imidazole rings is 1. The second-order valence-corrected chi connectivity index (χ2v) is 10.2.